The third kappa shape index (κ3) is 2.13. The molecule has 1 rings (SSSR count). The summed E-state index contributed by atoms with van der Waals surface area (Å²) in [6, 6.07) is 0. The zero-order valence-electron chi connectivity index (χ0n) is 6.33. The zero-order valence-corrected chi connectivity index (χ0v) is 6.33. The first-order chi connectivity index (χ1) is 4.79. The summed E-state index contributed by atoms with van der Waals surface area (Å²) in [6.07, 6.45) is 7.02. The van der Waals surface area contributed by atoms with Gasteiger partial charge in [0.2, 0.25) is 0 Å². The summed E-state index contributed by atoms with van der Waals surface area (Å²) in [5, 5.41) is 0. The highest BCUT2D eigenvalue weighted by Crippen LogP contribution is 2.01. The minimum atomic E-state index is 0.650. The molecule has 2 nitrogen and oxygen atoms in total. The van der Waals surface area contributed by atoms with Crippen LogP contribution in [0.4, 0.5) is 0 Å². The topological polar surface area (TPSA) is 25.8 Å². The largest absolute Gasteiger partial charge is 0.257 e. The summed E-state index contributed by atoms with van der Waals surface area (Å²) in [7, 11) is 0. The lowest BCUT2D eigenvalue weighted by Crippen LogP contribution is -1.96. The third-order valence-corrected chi connectivity index (χ3v) is 1.19. The first-order valence-electron chi connectivity index (χ1n) is 3.46. The Morgan fingerprint density at radius 2 is 2.40 bits per heavy atom. The molecule has 0 atom stereocenters. The van der Waals surface area contributed by atoms with Gasteiger partial charge >= 0.3 is 0 Å². The highest BCUT2D eigenvalue weighted by atomic mass is 14.8. The Bertz CT molecular complexity index is 182. The molecular weight excluding hydrogens is 124 g/mol. The van der Waals surface area contributed by atoms with Crippen LogP contribution in [0.5, 0.6) is 0 Å². The van der Waals surface area contributed by atoms with Crippen molar-refractivity contribution in [3.05, 3.63) is 24.3 Å². The molecule has 0 aliphatic carbocycles. The number of rotatable bonds is 2. The van der Waals surface area contributed by atoms with Gasteiger partial charge in [-0.15, -0.1) is 0 Å². The maximum absolute atomic E-state index is 4.10. The highest BCUT2D eigenvalue weighted by molar-refractivity contribution is 4.94. The van der Waals surface area contributed by atoms with Crippen molar-refractivity contribution in [3.63, 3.8) is 0 Å². The van der Waals surface area contributed by atoms with E-state index in [1.807, 2.05) is 0 Å². The molecule has 0 saturated carbocycles. The standard InChI is InChI=1S/C8H11N2/c1-7(2)5-8-6-9-3-4-10-8/h4,6-7H,5H2,1-2H3. The average molecular weight is 135 g/mol. The van der Waals surface area contributed by atoms with E-state index in [1.165, 1.54) is 0 Å². The molecule has 1 radical (unpaired) electrons. The number of aromatic nitrogens is 2. The van der Waals surface area contributed by atoms with Gasteiger partial charge in [0, 0.05) is 6.20 Å². The van der Waals surface area contributed by atoms with Crippen LogP contribution in [0.3, 0.4) is 0 Å². The lowest BCUT2D eigenvalue weighted by atomic mass is 10.1. The van der Waals surface area contributed by atoms with Crippen LogP contribution in [-0.4, -0.2) is 9.97 Å². The molecule has 0 saturated heterocycles. The van der Waals surface area contributed by atoms with E-state index in [0.29, 0.717) is 5.92 Å². The summed E-state index contributed by atoms with van der Waals surface area (Å²) in [6.45, 7) is 4.33. The second kappa shape index (κ2) is 3.30. The molecule has 1 aromatic heterocycles. The lowest BCUT2D eigenvalue weighted by Gasteiger charge is -2.00. The van der Waals surface area contributed by atoms with Crippen molar-refractivity contribution in [2.45, 2.75) is 20.3 Å². The van der Waals surface area contributed by atoms with E-state index < -0.39 is 0 Å². The summed E-state index contributed by atoms with van der Waals surface area (Å²) in [4.78, 5) is 7.95. The van der Waals surface area contributed by atoms with E-state index in [2.05, 4.69) is 30.0 Å². The molecule has 0 amide bonds. The first kappa shape index (κ1) is 7.19. The van der Waals surface area contributed by atoms with Gasteiger partial charge in [-0.05, 0) is 12.3 Å². The van der Waals surface area contributed by atoms with Crippen LogP contribution in [0.2, 0.25) is 0 Å². The van der Waals surface area contributed by atoms with Gasteiger partial charge in [0.05, 0.1) is 11.9 Å². The number of hydrogen-bond acceptors (Lipinski definition) is 2. The zero-order chi connectivity index (χ0) is 7.40. The van der Waals surface area contributed by atoms with Gasteiger partial charge in [-0.3, -0.25) is 9.97 Å². The quantitative estimate of drug-likeness (QED) is 0.613. The summed E-state index contributed by atoms with van der Waals surface area (Å²) < 4.78 is 0. The van der Waals surface area contributed by atoms with E-state index in [-0.39, 0.29) is 0 Å². The van der Waals surface area contributed by atoms with E-state index in [9.17, 15) is 0 Å². The summed E-state index contributed by atoms with van der Waals surface area (Å²) >= 11 is 0. The van der Waals surface area contributed by atoms with Crippen LogP contribution >= 0.6 is 0 Å². The SMILES string of the molecule is CC(C)Cc1cn[c]cn1. The minimum absolute atomic E-state index is 0.650. The lowest BCUT2D eigenvalue weighted by molar-refractivity contribution is 0.633. The molecule has 0 spiro atoms. The van der Waals surface area contributed by atoms with Gasteiger partial charge in [-0.25, -0.2) is 0 Å². The van der Waals surface area contributed by atoms with Crippen molar-refractivity contribution in [1.29, 1.82) is 0 Å². The number of nitrogens with zero attached hydrogens (tertiary/aromatic N) is 2. The summed E-state index contributed by atoms with van der Waals surface area (Å²) in [5.74, 6) is 0.650. The van der Waals surface area contributed by atoms with Crippen molar-refractivity contribution < 1.29 is 0 Å². The Morgan fingerprint density at radius 1 is 1.60 bits per heavy atom. The van der Waals surface area contributed by atoms with Gasteiger partial charge in [0.15, 0.2) is 0 Å². The van der Waals surface area contributed by atoms with Gasteiger partial charge in [-0.2, -0.15) is 0 Å². The molecule has 0 fully saturated rings. The Morgan fingerprint density at radius 3 is 2.90 bits per heavy atom. The molecule has 0 aliphatic rings. The second-order valence-electron chi connectivity index (χ2n) is 2.73. The average Bonchev–Trinajstić information content (AvgIpc) is 1.88. The molecule has 0 aliphatic heterocycles. The van der Waals surface area contributed by atoms with Crippen LogP contribution in [0.25, 0.3) is 0 Å². The normalized spacial score (nSPS) is 10.3. The number of hydrogen-bond donors (Lipinski definition) is 0. The second-order valence-corrected chi connectivity index (χ2v) is 2.73. The first-order valence-corrected chi connectivity index (χ1v) is 3.46. The smallest absolute Gasteiger partial charge is 0.108 e. The molecule has 0 N–H and O–H groups in total. The molecule has 0 unspecified atom stereocenters. The van der Waals surface area contributed by atoms with Crippen LogP contribution < -0.4 is 0 Å². The molecule has 53 valence electrons. The van der Waals surface area contributed by atoms with Crippen LogP contribution in [0, 0.1) is 12.1 Å². The van der Waals surface area contributed by atoms with Gasteiger partial charge in [0.25, 0.3) is 0 Å². The maximum Gasteiger partial charge on any atom is 0.108 e. The Kier molecular flexibility index (Phi) is 2.37. The molecule has 2 heteroatoms. The molecule has 1 heterocycles. The summed E-state index contributed by atoms with van der Waals surface area (Å²) in [5.41, 5.74) is 1.05. The molecule has 1 aromatic rings. The Labute approximate surface area is 61.3 Å². The fourth-order valence-electron chi connectivity index (χ4n) is 0.814. The van der Waals surface area contributed by atoms with Gasteiger partial charge in [-0.1, -0.05) is 13.8 Å². The van der Waals surface area contributed by atoms with E-state index >= 15 is 0 Å². The predicted molar refractivity (Wildman–Crippen MR) is 39.4 cm³/mol. The van der Waals surface area contributed by atoms with Crippen LogP contribution in [0.15, 0.2) is 12.4 Å². The monoisotopic (exact) mass is 135 g/mol. The maximum atomic E-state index is 4.10. The van der Waals surface area contributed by atoms with E-state index in [1.54, 1.807) is 12.4 Å². The van der Waals surface area contributed by atoms with Crippen molar-refractivity contribution in [2.24, 2.45) is 5.92 Å². The van der Waals surface area contributed by atoms with Crippen molar-refractivity contribution in [1.82, 2.24) is 9.97 Å². The van der Waals surface area contributed by atoms with Crippen LogP contribution in [0.1, 0.15) is 19.5 Å². The van der Waals surface area contributed by atoms with Crippen molar-refractivity contribution >= 4 is 0 Å². The highest BCUT2D eigenvalue weighted by Gasteiger charge is 1.96. The molecular formula is C8H11N2. The molecule has 10 heavy (non-hydrogen) atoms. The van der Waals surface area contributed by atoms with Gasteiger partial charge < -0.3 is 0 Å². The van der Waals surface area contributed by atoms with Crippen LogP contribution in [-0.2, 0) is 6.42 Å². The van der Waals surface area contributed by atoms with Gasteiger partial charge in [0.1, 0.15) is 6.20 Å². The fourth-order valence-corrected chi connectivity index (χ4v) is 0.814. The minimum Gasteiger partial charge on any atom is -0.257 e. The Balaban J connectivity index is 2.59. The third-order valence-electron chi connectivity index (χ3n) is 1.19. The van der Waals surface area contributed by atoms with E-state index in [0.717, 1.165) is 12.1 Å². The van der Waals surface area contributed by atoms with E-state index in [4.69, 9.17) is 0 Å². The molecule has 0 bridgehead atoms. The Hall–Kier alpha value is -0.920. The predicted octanol–water partition coefficient (Wildman–Crippen LogP) is 1.48. The van der Waals surface area contributed by atoms with Crippen molar-refractivity contribution in [3.8, 4) is 0 Å². The van der Waals surface area contributed by atoms with Crippen molar-refractivity contribution in [2.75, 3.05) is 0 Å². The molecule has 0 aromatic carbocycles. The fraction of sp³-hybridized carbons (Fsp3) is 0.500.